The molecular weight excluding hydrogens is 172 g/mol. The Morgan fingerprint density at radius 1 is 1.38 bits per heavy atom. The lowest BCUT2D eigenvalue weighted by molar-refractivity contribution is -0.128. The van der Waals surface area contributed by atoms with Gasteiger partial charge < -0.3 is 5.11 Å². The lowest BCUT2D eigenvalue weighted by Crippen LogP contribution is -2.49. The second-order valence-electron chi connectivity index (χ2n) is 3.07. The Balaban J connectivity index is 3.03. The average molecular weight is 186 g/mol. The Morgan fingerprint density at radius 3 is 2.23 bits per heavy atom. The normalized spacial score (nSPS) is 20.7. The van der Waals surface area contributed by atoms with Gasteiger partial charge in [0.15, 0.2) is 0 Å². The zero-order valence-corrected chi connectivity index (χ0v) is 7.83. The third-order valence-electron chi connectivity index (χ3n) is 2.72. The summed E-state index contributed by atoms with van der Waals surface area (Å²) in [7, 11) is 0. The van der Waals surface area contributed by atoms with E-state index in [-0.39, 0.29) is 5.91 Å². The van der Waals surface area contributed by atoms with E-state index in [2.05, 4.69) is 5.32 Å². The third-order valence-corrected chi connectivity index (χ3v) is 2.72. The molecule has 3 amide bonds. The fourth-order valence-corrected chi connectivity index (χ4v) is 1.75. The van der Waals surface area contributed by atoms with Crippen molar-refractivity contribution >= 4 is 11.9 Å². The maximum absolute atomic E-state index is 11.5. The molecule has 0 bridgehead atoms. The Kier molecular flexibility index (Phi) is 2.56. The van der Waals surface area contributed by atoms with E-state index in [9.17, 15) is 9.59 Å². The second kappa shape index (κ2) is 3.33. The van der Waals surface area contributed by atoms with Crippen molar-refractivity contribution in [3.8, 4) is 0 Å². The number of aliphatic hydroxyl groups excluding tert-OH is 1. The van der Waals surface area contributed by atoms with Crippen LogP contribution in [0.1, 0.15) is 26.7 Å². The molecule has 1 aliphatic heterocycles. The topological polar surface area (TPSA) is 69.6 Å². The maximum atomic E-state index is 11.5. The molecule has 0 atom stereocenters. The highest BCUT2D eigenvalue weighted by molar-refractivity contribution is 6.06. The van der Waals surface area contributed by atoms with Crippen LogP contribution in [0.2, 0.25) is 0 Å². The predicted octanol–water partition coefficient (Wildman–Crippen LogP) is 0.0468. The molecule has 1 fully saturated rings. The minimum atomic E-state index is -0.841. The molecule has 1 rings (SSSR count). The molecule has 0 aromatic heterocycles. The first-order valence-electron chi connectivity index (χ1n) is 4.36. The number of carbonyl (C=O) groups is 2. The summed E-state index contributed by atoms with van der Waals surface area (Å²) in [5.41, 5.74) is -0.841. The maximum Gasteiger partial charge on any atom is 0.326 e. The van der Waals surface area contributed by atoms with Crippen molar-refractivity contribution in [1.29, 1.82) is 0 Å². The number of amides is 3. The summed E-state index contributed by atoms with van der Waals surface area (Å²) in [4.78, 5) is 23.8. The first kappa shape index (κ1) is 9.98. The highest BCUT2D eigenvalue weighted by Gasteiger charge is 2.49. The summed E-state index contributed by atoms with van der Waals surface area (Å²) in [5.74, 6) is -0.309. The van der Waals surface area contributed by atoms with Gasteiger partial charge in [-0.25, -0.2) is 4.79 Å². The fraction of sp³-hybridized carbons (Fsp3) is 0.750. The molecule has 1 saturated heterocycles. The summed E-state index contributed by atoms with van der Waals surface area (Å²) in [6, 6.07) is -0.504. The Bertz CT molecular complexity index is 236. The Morgan fingerprint density at radius 2 is 1.92 bits per heavy atom. The van der Waals surface area contributed by atoms with E-state index in [1.807, 2.05) is 13.8 Å². The molecule has 0 aliphatic carbocycles. The van der Waals surface area contributed by atoms with Crippen LogP contribution in [-0.2, 0) is 4.79 Å². The third kappa shape index (κ3) is 1.19. The number of aliphatic hydroxyl groups is 1. The van der Waals surface area contributed by atoms with E-state index in [0.29, 0.717) is 12.8 Å². The van der Waals surface area contributed by atoms with Gasteiger partial charge in [0.25, 0.3) is 5.91 Å². The zero-order chi connectivity index (χ0) is 10.1. The van der Waals surface area contributed by atoms with Gasteiger partial charge in [0, 0.05) is 0 Å². The minimum Gasteiger partial charge on any atom is -0.376 e. The summed E-state index contributed by atoms with van der Waals surface area (Å²) in [6.45, 7) is 3.23. The molecule has 0 aromatic rings. The number of carbonyl (C=O) groups excluding carboxylic acids is 2. The van der Waals surface area contributed by atoms with Crippen molar-refractivity contribution < 1.29 is 14.7 Å². The number of rotatable bonds is 3. The van der Waals surface area contributed by atoms with Crippen LogP contribution >= 0.6 is 0 Å². The van der Waals surface area contributed by atoms with E-state index in [1.165, 1.54) is 4.90 Å². The number of nitrogens with zero attached hydrogens (tertiary/aromatic N) is 1. The summed E-state index contributed by atoms with van der Waals surface area (Å²) in [6.07, 6.45) is 1.03. The van der Waals surface area contributed by atoms with Crippen molar-refractivity contribution in [2.75, 3.05) is 6.73 Å². The van der Waals surface area contributed by atoms with E-state index < -0.39 is 18.3 Å². The van der Waals surface area contributed by atoms with Crippen LogP contribution in [0.3, 0.4) is 0 Å². The molecule has 0 saturated carbocycles. The zero-order valence-electron chi connectivity index (χ0n) is 7.83. The van der Waals surface area contributed by atoms with Crippen LogP contribution in [0, 0.1) is 0 Å². The molecule has 13 heavy (non-hydrogen) atoms. The van der Waals surface area contributed by atoms with Gasteiger partial charge in [0.1, 0.15) is 12.3 Å². The van der Waals surface area contributed by atoms with Gasteiger partial charge in [-0.1, -0.05) is 13.8 Å². The number of nitrogens with one attached hydrogen (secondary N) is 1. The van der Waals surface area contributed by atoms with Crippen LogP contribution in [0.5, 0.6) is 0 Å². The van der Waals surface area contributed by atoms with E-state index in [0.717, 1.165) is 0 Å². The SMILES string of the molecule is CCC1(CC)C(=O)NC(=O)N1CO. The second-order valence-corrected chi connectivity index (χ2v) is 3.07. The number of hydrogen-bond acceptors (Lipinski definition) is 3. The van der Waals surface area contributed by atoms with Gasteiger partial charge in [-0.3, -0.25) is 15.0 Å². The van der Waals surface area contributed by atoms with Crippen LogP contribution in [0.4, 0.5) is 4.79 Å². The van der Waals surface area contributed by atoms with E-state index >= 15 is 0 Å². The van der Waals surface area contributed by atoms with Crippen molar-refractivity contribution in [3.05, 3.63) is 0 Å². The molecule has 0 unspecified atom stereocenters. The highest BCUT2D eigenvalue weighted by atomic mass is 16.3. The van der Waals surface area contributed by atoms with Crippen LogP contribution in [0.15, 0.2) is 0 Å². The molecule has 1 aliphatic rings. The average Bonchev–Trinajstić information content (AvgIpc) is 2.36. The molecular formula is C8H14N2O3. The van der Waals surface area contributed by atoms with E-state index in [1.54, 1.807) is 0 Å². The lowest BCUT2D eigenvalue weighted by atomic mass is 9.92. The summed E-state index contributed by atoms with van der Waals surface area (Å²) in [5, 5.41) is 11.2. The predicted molar refractivity (Wildman–Crippen MR) is 45.8 cm³/mol. The quantitative estimate of drug-likeness (QED) is 0.612. The first-order valence-corrected chi connectivity index (χ1v) is 4.36. The molecule has 0 aromatic carbocycles. The number of imide groups is 1. The molecule has 5 nitrogen and oxygen atoms in total. The smallest absolute Gasteiger partial charge is 0.326 e. The Hall–Kier alpha value is -1.10. The van der Waals surface area contributed by atoms with Gasteiger partial charge in [0.2, 0.25) is 0 Å². The number of urea groups is 1. The van der Waals surface area contributed by atoms with Crippen molar-refractivity contribution in [2.45, 2.75) is 32.2 Å². The summed E-state index contributed by atoms with van der Waals surface area (Å²) < 4.78 is 0. The molecule has 1 heterocycles. The first-order chi connectivity index (χ1) is 6.12. The van der Waals surface area contributed by atoms with Gasteiger partial charge in [-0.15, -0.1) is 0 Å². The monoisotopic (exact) mass is 186 g/mol. The van der Waals surface area contributed by atoms with Crippen molar-refractivity contribution in [3.63, 3.8) is 0 Å². The standard InChI is InChI=1S/C8H14N2O3/c1-3-8(4-2)6(12)9-7(13)10(8)5-11/h11H,3-5H2,1-2H3,(H,9,12,13). The van der Waals surface area contributed by atoms with Gasteiger partial charge in [-0.2, -0.15) is 0 Å². The molecule has 5 heteroatoms. The van der Waals surface area contributed by atoms with Crippen LogP contribution in [-0.4, -0.2) is 34.2 Å². The highest BCUT2D eigenvalue weighted by Crippen LogP contribution is 2.28. The largest absolute Gasteiger partial charge is 0.376 e. The van der Waals surface area contributed by atoms with Crippen molar-refractivity contribution in [2.24, 2.45) is 0 Å². The lowest BCUT2D eigenvalue weighted by Gasteiger charge is -2.31. The van der Waals surface area contributed by atoms with Gasteiger partial charge in [0.05, 0.1) is 0 Å². The van der Waals surface area contributed by atoms with Crippen LogP contribution in [0.25, 0.3) is 0 Å². The van der Waals surface area contributed by atoms with Gasteiger partial charge in [-0.05, 0) is 12.8 Å². The van der Waals surface area contributed by atoms with Crippen molar-refractivity contribution in [1.82, 2.24) is 10.2 Å². The molecule has 0 spiro atoms. The molecule has 2 N–H and O–H groups in total. The Labute approximate surface area is 76.7 Å². The molecule has 74 valence electrons. The van der Waals surface area contributed by atoms with Crippen LogP contribution < -0.4 is 5.32 Å². The minimum absolute atomic E-state index is 0.309. The van der Waals surface area contributed by atoms with Gasteiger partial charge >= 0.3 is 6.03 Å². The fourth-order valence-electron chi connectivity index (χ4n) is 1.75. The molecule has 0 radical (unpaired) electrons. The van der Waals surface area contributed by atoms with E-state index in [4.69, 9.17) is 5.11 Å². The summed E-state index contributed by atoms with van der Waals surface area (Å²) >= 11 is 0. The number of hydrogen-bond donors (Lipinski definition) is 2.